The van der Waals surface area contributed by atoms with Crippen LogP contribution in [0.25, 0.3) is 0 Å². The molecule has 27 heavy (non-hydrogen) atoms. The van der Waals surface area contributed by atoms with Crippen LogP contribution >= 0.6 is 0 Å². The molecular weight excluding hydrogens is 358 g/mol. The molecule has 9 heteroatoms. The Morgan fingerprint density at radius 1 is 0.926 bits per heavy atom. The summed E-state index contributed by atoms with van der Waals surface area (Å²) in [5.74, 6) is -1.67. The molecule has 0 aromatic carbocycles. The van der Waals surface area contributed by atoms with Gasteiger partial charge in [-0.25, -0.2) is 0 Å². The molecule has 0 amide bonds. The molecular formula is C18H29NO8. The largest absolute Gasteiger partial charge is 0.463 e. The fraction of sp³-hybridized carbons (Fsp3) is 0.833. The van der Waals surface area contributed by atoms with Crippen molar-refractivity contribution in [3.05, 3.63) is 0 Å². The molecule has 1 saturated carbocycles. The van der Waals surface area contributed by atoms with Crippen LogP contribution in [0.5, 0.6) is 0 Å². The number of hydrogen-bond acceptors (Lipinski definition) is 9. The molecule has 0 aromatic rings. The van der Waals surface area contributed by atoms with Crippen molar-refractivity contribution in [1.82, 2.24) is 0 Å². The fourth-order valence-corrected chi connectivity index (χ4v) is 3.45. The van der Waals surface area contributed by atoms with E-state index in [1.807, 2.05) is 0 Å². The standard InChI is InChI=1S/C18H29NO8/c1-10(20)23-9-14-16(24-11(2)21)17(25-12(3)22)15(19)18(27-14)26-13-7-5-4-6-8-13/h13-18H,4-9,19H2,1-3H3/t14-,15-,16-,17-,18-/m1/s1. The van der Waals surface area contributed by atoms with Crippen LogP contribution in [0.15, 0.2) is 0 Å². The summed E-state index contributed by atoms with van der Waals surface area (Å²) in [7, 11) is 0. The first-order chi connectivity index (χ1) is 12.8. The molecule has 1 heterocycles. The van der Waals surface area contributed by atoms with Crippen molar-refractivity contribution >= 4 is 17.9 Å². The zero-order chi connectivity index (χ0) is 20.0. The molecule has 0 spiro atoms. The van der Waals surface area contributed by atoms with Crippen LogP contribution in [-0.4, -0.2) is 61.3 Å². The van der Waals surface area contributed by atoms with Crippen molar-refractivity contribution in [2.75, 3.05) is 6.61 Å². The maximum atomic E-state index is 11.6. The summed E-state index contributed by atoms with van der Waals surface area (Å²) in [6, 6.07) is -0.853. The van der Waals surface area contributed by atoms with Gasteiger partial charge in [-0.3, -0.25) is 14.4 Å². The Hall–Kier alpha value is -1.71. The van der Waals surface area contributed by atoms with Gasteiger partial charge in [0.2, 0.25) is 0 Å². The van der Waals surface area contributed by atoms with E-state index >= 15 is 0 Å². The smallest absolute Gasteiger partial charge is 0.303 e. The van der Waals surface area contributed by atoms with Gasteiger partial charge in [-0.05, 0) is 12.8 Å². The third-order valence-electron chi connectivity index (χ3n) is 4.63. The number of hydrogen-bond donors (Lipinski definition) is 1. The second-order valence-corrected chi connectivity index (χ2v) is 6.97. The molecule has 0 aromatic heterocycles. The zero-order valence-corrected chi connectivity index (χ0v) is 16.1. The quantitative estimate of drug-likeness (QED) is 0.521. The van der Waals surface area contributed by atoms with Gasteiger partial charge in [0.25, 0.3) is 0 Å². The molecule has 0 radical (unpaired) electrons. The van der Waals surface area contributed by atoms with Crippen LogP contribution in [-0.2, 0) is 38.1 Å². The van der Waals surface area contributed by atoms with E-state index in [2.05, 4.69) is 0 Å². The molecule has 2 aliphatic rings. The van der Waals surface area contributed by atoms with E-state index < -0.39 is 48.6 Å². The summed E-state index contributed by atoms with van der Waals surface area (Å²) in [6.45, 7) is 3.55. The SMILES string of the molecule is CC(=O)OC[C@H]1O[C@@H](OC2CCCCC2)[C@H](N)[C@@H](OC(C)=O)[C@@H]1OC(C)=O. The Morgan fingerprint density at radius 3 is 2.07 bits per heavy atom. The topological polar surface area (TPSA) is 123 Å². The highest BCUT2D eigenvalue weighted by Gasteiger charge is 2.49. The van der Waals surface area contributed by atoms with Crippen LogP contribution < -0.4 is 5.73 Å². The number of ether oxygens (including phenoxy) is 5. The van der Waals surface area contributed by atoms with Gasteiger partial charge in [0.05, 0.1) is 12.1 Å². The molecule has 1 aliphatic heterocycles. The van der Waals surface area contributed by atoms with Crippen molar-refractivity contribution < 1.29 is 38.1 Å². The summed E-state index contributed by atoms with van der Waals surface area (Å²) in [4.78, 5) is 34.3. The summed E-state index contributed by atoms with van der Waals surface area (Å²) in [5, 5.41) is 0. The molecule has 2 fully saturated rings. The third-order valence-corrected chi connectivity index (χ3v) is 4.63. The van der Waals surface area contributed by atoms with Crippen molar-refractivity contribution in [2.24, 2.45) is 5.73 Å². The first kappa shape index (κ1) is 21.6. The number of carbonyl (C=O) groups excluding carboxylic acids is 3. The zero-order valence-electron chi connectivity index (χ0n) is 16.1. The van der Waals surface area contributed by atoms with Crippen LogP contribution in [0, 0.1) is 0 Å². The number of rotatable bonds is 6. The Morgan fingerprint density at radius 2 is 1.52 bits per heavy atom. The Bertz CT molecular complexity index is 533. The Kier molecular flexibility index (Phi) is 8.00. The average molecular weight is 387 g/mol. The predicted octanol–water partition coefficient (Wildman–Crippen LogP) is 0.814. The van der Waals surface area contributed by atoms with Crippen LogP contribution in [0.2, 0.25) is 0 Å². The van der Waals surface area contributed by atoms with Gasteiger partial charge in [-0.15, -0.1) is 0 Å². The molecule has 5 atom stereocenters. The minimum absolute atomic E-state index is 0.00701. The monoisotopic (exact) mass is 387 g/mol. The van der Waals surface area contributed by atoms with Gasteiger partial charge in [0.1, 0.15) is 12.7 Å². The second kappa shape index (κ2) is 10.0. The number of nitrogens with two attached hydrogens (primary N) is 1. The van der Waals surface area contributed by atoms with Crippen molar-refractivity contribution in [3.8, 4) is 0 Å². The van der Waals surface area contributed by atoms with E-state index in [9.17, 15) is 14.4 Å². The van der Waals surface area contributed by atoms with Crippen molar-refractivity contribution in [1.29, 1.82) is 0 Å². The van der Waals surface area contributed by atoms with Gasteiger partial charge < -0.3 is 29.4 Å². The van der Waals surface area contributed by atoms with Crippen molar-refractivity contribution in [3.63, 3.8) is 0 Å². The minimum atomic E-state index is -1.01. The molecule has 1 aliphatic carbocycles. The molecule has 2 N–H and O–H groups in total. The molecule has 154 valence electrons. The van der Waals surface area contributed by atoms with E-state index in [-0.39, 0.29) is 12.7 Å². The molecule has 0 bridgehead atoms. The lowest BCUT2D eigenvalue weighted by Gasteiger charge is -2.44. The van der Waals surface area contributed by atoms with Gasteiger partial charge in [-0.1, -0.05) is 19.3 Å². The van der Waals surface area contributed by atoms with Crippen molar-refractivity contribution in [2.45, 2.75) is 89.6 Å². The van der Waals surface area contributed by atoms with E-state index in [0.717, 1.165) is 32.1 Å². The van der Waals surface area contributed by atoms with Gasteiger partial charge in [0.15, 0.2) is 18.5 Å². The van der Waals surface area contributed by atoms with E-state index in [4.69, 9.17) is 29.4 Å². The Labute approximate surface area is 158 Å². The van der Waals surface area contributed by atoms with E-state index in [0.29, 0.717) is 0 Å². The minimum Gasteiger partial charge on any atom is -0.463 e. The van der Waals surface area contributed by atoms with Crippen LogP contribution in [0.4, 0.5) is 0 Å². The summed E-state index contributed by atoms with van der Waals surface area (Å²) >= 11 is 0. The first-order valence-corrected chi connectivity index (χ1v) is 9.32. The van der Waals surface area contributed by atoms with Gasteiger partial charge >= 0.3 is 17.9 Å². The van der Waals surface area contributed by atoms with Crippen LogP contribution in [0.1, 0.15) is 52.9 Å². The predicted molar refractivity (Wildman–Crippen MR) is 92.3 cm³/mol. The maximum absolute atomic E-state index is 11.6. The summed E-state index contributed by atoms with van der Waals surface area (Å²) < 4.78 is 27.6. The molecule has 0 unspecified atom stereocenters. The second-order valence-electron chi connectivity index (χ2n) is 6.97. The summed E-state index contributed by atoms with van der Waals surface area (Å²) in [5.41, 5.74) is 6.25. The summed E-state index contributed by atoms with van der Waals surface area (Å²) in [6.07, 6.45) is 1.35. The Balaban J connectivity index is 2.19. The lowest BCUT2D eigenvalue weighted by Crippen LogP contribution is -2.65. The normalized spacial score (nSPS) is 31.8. The first-order valence-electron chi connectivity index (χ1n) is 9.32. The lowest BCUT2D eigenvalue weighted by atomic mass is 9.95. The highest BCUT2D eigenvalue weighted by Crippen LogP contribution is 2.30. The molecule has 1 saturated heterocycles. The van der Waals surface area contributed by atoms with E-state index in [1.165, 1.54) is 20.8 Å². The van der Waals surface area contributed by atoms with Crippen LogP contribution in [0.3, 0.4) is 0 Å². The fourth-order valence-electron chi connectivity index (χ4n) is 3.45. The average Bonchev–Trinajstić information content (AvgIpc) is 2.59. The highest BCUT2D eigenvalue weighted by molar-refractivity contribution is 5.67. The molecule has 2 rings (SSSR count). The van der Waals surface area contributed by atoms with Gasteiger partial charge in [0, 0.05) is 20.8 Å². The number of esters is 3. The molecule has 9 nitrogen and oxygen atoms in total. The van der Waals surface area contributed by atoms with E-state index in [1.54, 1.807) is 0 Å². The number of carbonyl (C=O) groups is 3. The lowest BCUT2D eigenvalue weighted by molar-refractivity contribution is -0.285. The third kappa shape index (κ3) is 6.44. The highest BCUT2D eigenvalue weighted by atomic mass is 16.7. The van der Waals surface area contributed by atoms with Gasteiger partial charge in [-0.2, -0.15) is 0 Å². The maximum Gasteiger partial charge on any atom is 0.303 e.